The van der Waals surface area contributed by atoms with Gasteiger partial charge in [-0.2, -0.15) is 10.2 Å². The van der Waals surface area contributed by atoms with Crippen molar-refractivity contribution in [2.45, 2.75) is 6.04 Å². The highest BCUT2D eigenvalue weighted by atomic mass is 32.1. The minimum atomic E-state index is 0.115. The second-order valence-electron chi connectivity index (χ2n) is 3.77. The van der Waals surface area contributed by atoms with E-state index in [1.54, 1.807) is 28.4 Å². The topological polar surface area (TPSA) is 35.6 Å². The minimum Gasteiger partial charge on any atom is -0.261 e. The van der Waals surface area contributed by atoms with Crippen molar-refractivity contribution in [3.05, 3.63) is 65.4 Å². The summed E-state index contributed by atoms with van der Waals surface area (Å²) in [6.45, 7) is 0. The van der Waals surface area contributed by atoms with Gasteiger partial charge in [-0.15, -0.1) is 11.3 Å². The third kappa shape index (κ3) is 2.26. The Balaban J connectivity index is 1.91. The van der Waals surface area contributed by atoms with Gasteiger partial charge in [-0.05, 0) is 29.7 Å². The number of thiophene rings is 1. The fourth-order valence-electron chi connectivity index (χ4n) is 1.76. The molecular weight excluding hydrogens is 244 g/mol. The van der Waals surface area contributed by atoms with E-state index >= 15 is 0 Å². The smallest absolute Gasteiger partial charge is 0.106 e. The fraction of sp³-hybridized carbons (Fsp3) is 0.0769. The van der Waals surface area contributed by atoms with Crippen molar-refractivity contribution in [2.24, 2.45) is 0 Å². The number of hydrogen-bond donors (Lipinski definition) is 0. The van der Waals surface area contributed by atoms with Crippen LogP contribution in [0, 0.1) is 0 Å². The van der Waals surface area contributed by atoms with Crippen molar-refractivity contribution < 1.29 is 0 Å². The van der Waals surface area contributed by atoms with E-state index in [-0.39, 0.29) is 6.04 Å². The van der Waals surface area contributed by atoms with Crippen LogP contribution in [-0.4, -0.2) is 19.6 Å². The highest BCUT2D eigenvalue weighted by Gasteiger charge is 2.11. The summed E-state index contributed by atoms with van der Waals surface area (Å²) < 4.78 is 3.72. The van der Waals surface area contributed by atoms with Crippen molar-refractivity contribution in [1.29, 1.82) is 0 Å². The second-order valence-corrected chi connectivity index (χ2v) is 4.75. The molecule has 1 unspecified atom stereocenters. The molecule has 0 spiro atoms. The molecule has 0 N–H and O–H groups in total. The van der Waals surface area contributed by atoms with Crippen LogP contribution in [0.2, 0.25) is 0 Å². The van der Waals surface area contributed by atoms with Gasteiger partial charge in [0.05, 0.1) is 0 Å². The first-order valence-corrected chi connectivity index (χ1v) is 6.51. The third-order valence-electron chi connectivity index (χ3n) is 2.59. The van der Waals surface area contributed by atoms with E-state index in [0.29, 0.717) is 0 Å². The minimum absolute atomic E-state index is 0.115. The summed E-state index contributed by atoms with van der Waals surface area (Å²) in [5.74, 6) is 0. The molecule has 0 amide bonds. The van der Waals surface area contributed by atoms with Crippen molar-refractivity contribution in [3.63, 3.8) is 0 Å². The Morgan fingerprint density at radius 3 is 2.67 bits per heavy atom. The summed E-state index contributed by atoms with van der Waals surface area (Å²) in [5, 5.41) is 10.5. The lowest BCUT2D eigenvalue weighted by Gasteiger charge is -2.11. The van der Waals surface area contributed by atoms with Gasteiger partial charge in [-0.3, -0.25) is 4.68 Å². The molecule has 3 aromatic heterocycles. The summed E-state index contributed by atoms with van der Waals surface area (Å²) in [4.78, 5) is 1.25. The van der Waals surface area contributed by atoms with E-state index in [9.17, 15) is 0 Å². The molecule has 3 aromatic rings. The van der Waals surface area contributed by atoms with Crippen molar-refractivity contribution in [2.75, 3.05) is 0 Å². The van der Waals surface area contributed by atoms with Crippen LogP contribution < -0.4 is 0 Å². The highest BCUT2D eigenvalue weighted by molar-refractivity contribution is 7.10. The molecule has 0 aromatic carbocycles. The SMILES string of the molecule is C(=C\n1cccn1)/C(c1cccs1)n1cccn1. The molecule has 0 fully saturated rings. The first kappa shape index (κ1) is 11.0. The Labute approximate surface area is 109 Å². The highest BCUT2D eigenvalue weighted by Crippen LogP contribution is 2.23. The molecule has 0 bridgehead atoms. The predicted octanol–water partition coefficient (Wildman–Crippen LogP) is 2.90. The van der Waals surface area contributed by atoms with Crippen LogP contribution in [0.5, 0.6) is 0 Å². The van der Waals surface area contributed by atoms with Gasteiger partial charge in [0.25, 0.3) is 0 Å². The van der Waals surface area contributed by atoms with Gasteiger partial charge >= 0.3 is 0 Å². The lowest BCUT2D eigenvalue weighted by atomic mass is 10.2. The molecule has 0 aliphatic heterocycles. The molecule has 0 aliphatic carbocycles. The first-order valence-electron chi connectivity index (χ1n) is 5.63. The van der Waals surface area contributed by atoms with Crippen LogP contribution >= 0.6 is 11.3 Å². The maximum absolute atomic E-state index is 4.31. The van der Waals surface area contributed by atoms with Gasteiger partial charge in [-0.25, -0.2) is 4.68 Å². The maximum Gasteiger partial charge on any atom is 0.106 e. The average Bonchev–Trinajstić information content (AvgIpc) is 3.14. The van der Waals surface area contributed by atoms with E-state index in [2.05, 4.69) is 33.8 Å². The number of hydrogen-bond acceptors (Lipinski definition) is 3. The van der Waals surface area contributed by atoms with E-state index < -0.39 is 0 Å². The van der Waals surface area contributed by atoms with Gasteiger partial charge < -0.3 is 0 Å². The molecule has 0 aliphatic rings. The van der Waals surface area contributed by atoms with Crippen LogP contribution in [0.3, 0.4) is 0 Å². The van der Waals surface area contributed by atoms with Gasteiger partial charge in [0, 0.05) is 35.9 Å². The van der Waals surface area contributed by atoms with Crippen LogP contribution in [0.4, 0.5) is 0 Å². The number of aromatic nitrogens is 4. The molecule has 0 saturated heterocycles. The Morgan fingerprint density at radius 1 is 1.11 bits per heavy atom. The standard InChI is InChI=1S/C13H12N4S/c1-4-13(18-11-1)12(17-9-3-7-15-17)5-10-16-8-2-6-14-16/h1-12H/b10-5+. The summed E-state index contributed by atoms with van der Waals surface area (Å²) in [6.07, 6.45) is 11.5. The molecule has 5 heteroatoms. The second kappa shape index (κ2) is 5.01. The normalized spacial score (nSPS) is 13.1. The number of allylic oxidation sites excluding steroid dienone is 1. The zero-order valence-corrected chi connectivity index (χ0v) is 10.4. The molecule has 4 nitrogen and oxygen atoms in total. The van der Waals surface area contributed by atoms with Gasteiger partial charge in [-0.1, -0.05) is 6.07 Å². The lowest BCUT2D eigenvalue weighted by Crippen LogP contribution is -2.07. The Morgan fingerprint density at radius 2 is 2.00 bits per heavy atom. The molecule has 0 radical (unpaired) electrons. The number of rotatable bonds is 4. The number of nitrogens with zero attached hydrogens (tertiary/aromatic N) is 4. The van der Waals surface area contributed by atoms with Gasteiger partial charge in [0.2, 0.25) is 0 Å². The van der Waals surface area contributed by atoms with Crippen LogP contribution in [0.15, 0.2) is 60.5 Å². The van der Waals surface area contributed by atoms with Crippen LogP contribution in [0.1, 0.15) is 10.9 Å². The summed E-state index contributed by atoms with van der Waals surface area (Å²) in [6, 6.07) is 8.12. The van der Waals surface area contributed by atoms with Crippen molar-refractivity contribution in [3.8, 4) is 0 Å². The Bertz CT molecular complexity index is 559. The maximum atomic E-state index is 4.31. The van der Waals surface area contributed by atoms with Gasteiger partial charge in [0.15, 0.2) is 0 Å². The molecule has 3 rings (SSSR count). The Hall–Kier alpha value is -2.14. The van der Waals surface area contributed by atoms with Crippen LogP contribution in [-0.2, 0) is 0 Å². The monoisotopic (exact) mass is 256 g/mol. The third-order valence-corrected chi connectivity index (χ3v) is 3.53. The molecule has 3 heterocycles. The lowest BCUT2D eigenvalue weighted by molar-refractivity contribution is 0.620. The molecule has 18 heavy (non-hydrogen) atoms. The van der Waals surface area contributed by atoms with E-state index in [4.69, 9.17) is 0 Å². The van der Waals surface area contributed by atoms with Crippen molar-refractivity contribution in [1.82, 2.24) is 19.6 Å². The average molecular weight is 256 g/mol. The quantitative estimate of drug-likeness (QED) is 0.719. The first-order chi connectivity index (χ1) is 8.93. The zero-order valence-electron chi connectivity index (χ0n) is 9.63. The molecule has 0 saturated carbocycles. The Kier molecular flexibility index (Phi) is 3.06. The van der Waals surface area contributed by atoms with Crippen molar-refractivity contribution >= 4 is 17.5 Å². The fourth-order valence-corrected chi connectivity index (χ4v) is 2.55. The summed E-state index contributed by atoms with van der Waals surface area (Å²) >= 11 is 1.72. The van der Waals surface area contributed by atoms with E-state index in [1.165, 1.54) is 4.88 Å². The van der Waals surface area contributed by atoms with Gasteiger partial charge in [0.1, 0.15) is 6.04 Å². The zero-order chi connectivity index (χ0) is 12.2. The molecule has 1 atom stereocenters. The van der Waals surface area contributed by atoms with Crippen LogP contribution in [0.25, 0.3) is 6.20 Å². The summed E-state index contributed by atoms with van der Waals surface area (Å²) in [7, 11) is 0. The predicted molar refractivity (Wildman–Crippen MR) is 72.2 cm³/mol. The molecular formula is C13H12N4S. The molecule has 90 valence electrons. The largest absolute Gasteiger partial charge is 0.261 e. The van der Waals surface area contributed by atoms with E-state index in [1.807, 2.05) is 35.4 Å². The van der Waals surface area contributed by atoms with E-state index in [0.717, 1.165) is 0 Å². The summed E-state index contributed by atoms with van der Waals surface area (Å²) in [5.41, 5.74) is 0.